The van der Waals surface area contributed by atoms with Crippen molar-refractivity contribution < 1.29 is 31.1 Å². The SMILES string of the molecule is COC(=O)CCS(=O)(=O)C(CCN)C(F)(F)F. The van der Waals surface area contributed by atoms with E-state index in [4.69, 9.17) is 5.73 Å². The highest BCUT2D eigenvalue weighted by Crippen LogP contribution is 2.29. The van der Waals surface area contributed by atoms with Crippen LogP contribution in [0.5, 0.6) is 0 Å². The van der Waals surface area contributed by atoms with Gasteiger partial charge in [0.05, 0.1) is 19.3 Å². The van der Waals surface area contributed by atoms with Gasteiger partial charge in [-0.3, -0.25) is 4.79 Å². The van der Waals surface area contributed by atoms with Crippen LogP contribution in [0.15, 0.2) is 0 Å². The molecule has 102 valence electrons. The molecule has 0 saturated carbocycles. The van der Waals surface area contributed by atoms with Gasteiger partial charge in [0.1, 0.15) is 0 Å². The highest BCUT2D eigenvalue weighted by Gasteiger charge is 2.47. The van der Waals surface area contributed by atoms with Crippen molar-refractivity contribution in [3.05, 3.63) is 0 Å². The predicted molar refractivity (Wildman–Crippen MR) is 53.9 cm³/mol. The number of sulfone groups is 1. The summed E-state index contributed by atoms with van der Waals surface area (Å²) >= 11 is 0. The van der Waals surface area contributed by atoms with Crippen LogP contribution in [0.3, 0.4) is 0 Å². The summed E-state index contributed by atoms with van der Waals surface area (Å²) in [6.45, 7) is -0.401. The lowest BCUT2D eigenvalue weighted by Gasteiger charge is -2.19. The highest BCUT2D eigenvalue weighted by molar-refractivity contribution is 7.92. The summed E-state index contributed by atoms with van der Waals surface area (Å²) in [5.74, 6) is -1.77. The molecular weight excluding hydrogens is 263 g/mol. The zero-order valence-electron chi connectivity index (χ0n) is 9.16. The normalized spacial score (nSPS) is 14.4. The lowest BCUT2D eigenvalue weighted by molar-refractivity contribution is -0.140. The molecule has 17 heavy (non-hydrogen) atoms. The zero-order valence-corrected chi connectivity index (χ0v) is 9.97. The summed E-state index contributed by atoms with van der Waals surface area (Å²) in [6, 6.07) is 0. The second kappa shape index (κ2) is 6.20. The number of carbonyl (C=O) groups excluding carboxylic acids is 1. The van der Waals surface area contributed by atoms with E-state index in [0.717, 1.165) is 7.11 Å². The van der Waals surface area contributed by atoms with Crippen molar-refractivity contribution in [1.29, 1.82) is 0 Å². The van der Waals surface area contributed by atoms with Crippen LogP contribution in [-0.2, 0) is 19.4 Å². The Morgan fingerprint density at radius 3 is 2.29 bits per heavy atom. The number of carbonyl (C=O) groups is 1. The lowest BCUT2D eigenvalue weighted by atomic mass is 10.3. The van der Waals surface area contributed by atoms with Gasteiger partial charge in [-0.2, -0.15) is 13.2 Å². The van der Waals surface area contributed by atoms with Gasteiger partial charge in [0, 0.05) is 0 Å². The maximum absolute atomic E-state index is 12.5. The molecule has 0 heterocycles. The standard InChI is InChI=1S/C8H14F3NO4S/c1-16-7(13)3-5-17(14,15)6(2-4-12)8(9,10)11/h6H,2-5,12H2,1H3. The average molecular weight is 277 g/mol. The smallest absolute Gasteiger partial charge is 0.405 e. The molecule has 0 aromatic heterocycles. The van der Waals surface area contributed by atoms with Gasteiger partial charge in [0.15, 0.2) is 15.1 Å². The number of rotatable bonds is 6. The molecule has 0 fully saturated rings. The van der Waals surface area contributed by atoms with Crippen LogP contribution in [-0.4, -0.2) is 45.2 Å². The number of alkyl halides is 3. The van der Waals surface area contributed by atoms with Crippen molar-refractivity contribution in [1.82, 2.24) is 0 Å². The van der Waals surface area contributed by atoms with E-state index >= 15 is 0 Å². The van der Waals surface area contributed by atoms with Crippen LogP contribution in [0.2, 0.25) is 0 Å². The van der Waals surface area contributed by atoms with Crippen molar-refractivity contribution in [3.8, 4) is 0 Å². The molecule has 0 aliphatic heterocycles. The van der Waals surface area contributed by atoms with Crippen LogP contribution in [0.1, 0.15) is 12.8 Å². The quantitative estimate of drug-likeness (QED) is 0.703. The maximum atomic E-state index is 12.5. The molecular formula is C8H14F3NO4S. The molecule has 0 aromatic rings. The second-order valence-electron chi connectivity index (χ2n) is 3.30. The van der Waals surface area contributed by atoms with Gasteiger partial charge < -0.3 is 10.5 Å². The largest absolute Gasteiger partial charge is 0.469 e. The maximum Gasteiger partial charge on any atom is 0.405 e. The van der Waals surface area contributed by atoms with E-state index in [2.05, 4.69) is 4.74 Å². The fraction of sp³-hybridized carbons (Fsp3) is 0.875. The van der Waals surface area contributed by atoms with Crippen molar-refractivity contribution in [2.75, 3.05) is 19.4 Å². The number of esters is 1. The number of halogens is 3. The van der Waals surface area contributed by atoms with E-state index < -0.39 is 52.4 Å². The van der Waals surface area contributed by atoms with E-state index in [0.29, 0.717) is 0 Å². The first-order valence-corrected chi connectivity index (χ1v) is 6.42. The summed E-state index contributed by atoms with van der Waals surface area (Å²) in [4.78, 5) is 10.7. The number of methoxy groups -OCH3 is 1. The Bertz CT molecular complexity index is 352. The highest BCUT2D eigenvalue weighted by atomic mass is 32.2. The van der Waals surface area contributed by atoms with E-state index in [1.807, 2.05) is 0 Å². The van der Waals surface area contributed by atoms with Gasteiger partial charge in [-0.05, 0) is 13.0 Å². The molecule has 2 N–H and O–H groups in total. The molecule has 1 unspecified atom stereocenters. The molecule has 1 atom stereocenters. The Labute approximate surface area is 97.0 Å². The molecule has 0 amide bonds. The molecule has 5 nitrogen and oxygen atoms in total. The van der Waals surface area contributed by atoms with E-state index in [-0.39, 0.29) is 0 Å². The van der Waals surface area contributed by atoms with Gasteiger partial charge in [-0.1, -0.05) is 0 Å². The summed E-state index contributed by atoms with van der Waals surface area (Å²) in [6.07, 6.45) is -6.20. The molecule has 0 rings (SSSR count). The first-order chi connectivity index (χ1) is 7.65. The summed E-state index contributed by atoms with van der Waals surface area (Å²) in [5, 5.41) is -2.52. The minimum atomic E-state index is -4.88. The summed E-state index contributed by atoms with van der Waals surface area (Å²) in [5.41, 5.74) is 4.95. The first kappa shape index (κ1) is 16.2. The third-order valence-corrected chi connectivity index (χ3v) is 4.19. The average Bonchev–Trinajstić information content (AvgIpc) is 2.20. The van der Waals surface area contributed by atoms with Crippen molar-refractivity contribution >= 4 is 15.8 Å². The number of ether oxygens (including phenoxy) is 1. The van der Waals surface area contributed by atoms with Gasteiger partial charge in [0.25, 0.3) is 0 Å². The minimum absolute atomic E-state index is 0.401. The molecule has 0 radical (unpaired) electrons. The van der Waals surface area contributed by atoms with Gasteiger partial charge in [0.2, 0.25) is 0 Å². The summed E-state index contributed by atoms with van der Waals surface area (Å²) in [7, 11) is -3.43. The fourth-order valence-corrected chi connectivity index (χ4v) is 2.81. The second-order valence-corrected chi connectivity index (χ2v) is 5.60. The molecule has 9 heteroatoms. The fourth-order valence-electron chi connectivity index (χ4n) is 1.17. The Balaban J connectivity index is 4.80. The predicted octanol–water partition coefficient (Wildman–Crippen LogP) is 0.244. The lowest BCUT2D eigenvalue weighted by Crippen LogP contribution is -2.40. The molecule has 0 saturated heterocycles. The van der Waals surface area contributed by atoms with Gasteiger partial charge in [-0.15, -0.1) is 0 Å². The monoisotopic (exact) mass is 277 g/mol. The van der Waals surface area contributed by atoms with Crippen LogP contribution in [0.4, 0.5) is 13.2 Å². The van der Waals surface area contributed by atoms with Gasteiger partial charge >= 0.3 is 12.1 Å². The van der Waals surface area contributed by atoms with E-state index in [1.54, 1.807) is 0 Å². The molecule has 0 aromatic carbocycles. The van der Waals surface area contributed by atoms with Crippen LogP contribution < -0.4 is 5.73 Å². The van der Waals surface area contributed by atoms with Crippen molar-refractivity contribution in [2.45, 2.75) is 24.3 Å². The van der Waals surface area contributed by atoms with Crippen LogP contribution in [0.25, 0.3) is 0 Å². The molecule has 0 bridgehead atoms. The zero-order chi connectivity index (χ0) is 13.7. The number of nitrogens with two attached hydrogens (primary N) is 1. The third kappa shape index (κ3) is 5.35. The topological polar surface area (TPSA) is 86.5 Å². The van der Waals surface area contributed by atoms with Crippen LogP contribution in [0, 0.1) is 0 Å². The van der Waals surface area contributed by atoms with E-state index in [9.17, 15) is 26.4 Å². The van der Waals surface area contributed by atoms with Crippen molar-refractivity contribution in [3.63, 3.8) is 0 Å². The Hall–Kier alpha value is -0.830. The number of hydrogen-bond acceptors (Lipinski definition) is 5. The van der Waals surface area contributed by atoms with Gasteiger partial charge in [-0.25, -0.2) is 8.42 Å². The van der Waals surface area contributed by atoms with E-state index in [1.165, 1.54) is 0 Å². The summed E-state index contributed by atoms with van der Waals surface area (Å²) < 4.78 is 64.3. The Kier molecular flexibility index (Phi) is 5.89. The Morgan fingerprint density at radius 1 is 1.41 bits per heavy atom. The van der Waals surface area contributed by atoms with Crippen molar-refractivity contribution in [2.24, 2.45) is 5.73 Å². The molecule has 0 aliphatic carbocycles. The molecule has 0 spiro atoms. The first-order valence-electron chi connectivity index (χ1n) is 4.70. The minimum Gasteiger partial charge on any atom is -0.469 e. The van der Waals surface area contributed by atoms with Crippen LogP contribution >= 0.6 is 0 Å². The molecule has 0 aliphatic rings. The number of hydrogen-bond donors (Lipinski definition) is 1. The third-order valence-electron chi connectivity index (χ3n) is 2.05. The Morgan fingerprint density at radius 2 is 1.94 bits per heavy atom.